The average Bonchev–Trinajstić information content (AvgIpc) is 2.76. The van der Waals surface area contributed by atoms with Crippen LogP contribution in [0.4, 0.5) is 0 Å². The van der Waals surface area contributed by atoms with Crippen LogP contribution in [0.3, 0.4) is 0 Å². The Morgan fingerprint density at radius 1 is 1.60 bits per heavy atom. The van der Waals surface area contributed by atoms with Crippen LogP contribution in [0.25, 0.3) is 5.65 Å². The fraction of sp³-hybridized carbons (Fsp3) is 0.429. The van der Waals surface area contributed by atoms with Crippen molar-refractivity contribution in [1.82, 2.24) is 14.7 Å². The fourth-order valence-electron chi connectivity index (χ4n) is 2.04. The number of carbonyl (C=O) groups excluding carboxylic acids is 1. The molecular formula is C14H19N3O3. The van der Waals surface area contributed by atoms with Gasteiger partial charge in [-0.25, -0.2) is 4.98 Å². The number of pyridine rings is 1. The van der Waals surface area contributed by atoms with Crippen molar-refractivity contribution in [1.29, 1.82) is 0 Å². The average molecular weight is 277 g/mol. The SMILES string of the molecule is CCOc1cccn2c(C(=O)NC(C)CO)c(C)nc12. The highest BCUT2D eigenvalue weighted by Gasteiger charge is 2.19. The maximum absolute atomic E-state index is 12.3. The highest BCUT2D eigenvalue weighted by Crippen LogP contribution is 2.22. The van der Waals surface area contributed by atoms with E-state index in [1.807, 2.05) is 19.1 Å². The Morgan fingerprint density at radius 3 is 3.00 bits per heavy atom. The molecule has 0 saturated carbocycles. The number of fused-ring (bicyclic) bond motifs is 1. The molecule has 2 rings (SSSR count). The predicted octanol–water partition coefficient (Wildman–Crippen LogP) is 1.15. The monoisotopic (exact) mass is 277 g/mol. The minimum Gasteiger partial charge on any atom is -0.490 e. The van der Waals surface area contributed by atoms with Crippen molar-refractivity contribution in [2.45, 2.75) is 26.8 Å². The lowest BCUT2D eigenvalue weighted by atomic mass is 10.3. The normalized spacial score (nSPS) is 12.4. The molecule has 1 amide bonds. The van der Waals surface area contributed by atoms with E-state index in [0.717, 1.165) is 0 Å². The molecule has 0 aliphatic rings. The maximum Gasteiger partial charge on any atom is 0.270 e. The second kappa shape index (κ2) is 5.92. The number of amides is 1. The summed E-state index contributed by atoms with van der Waals surface area (Å²) in [4.78, 5) is 16.7. The van der Waals surface area contributed by atoms with E-state index >= 15 is 0 Å². The van der Waals surface area contributed by atoms with Crippen LogP contribution in [-0.2, 0) is 0 Å². The molecule has 2 heterocycles. The molecule has 20 heavy (non-hydrogen) atoms. The van der Waals surface area contributed by atoms with Crippen LogP contribution in [-0.4, -0.2) is 39.7 Å². The summed E-state index contributed by atoms with van der Waals surface area (Å²) in [5.74, 6) is 0.387. The number of aromatic nitrogens is 2. The summed E-state index contributed by atoms with van der Waals surface area (Å²) in [5, 5.41) is 11.7. The summed E-state index contributed by atoms with van der Waals surface area (Å²) in [6, 6.07) is 3.33. The molecule has 108 valence electrons. The van der Waals surface area contributed by atoms with Gasteiger partial charge >= 0.3 is 0 Å². The van der Waals surface area contributed by atoms with Crippen LogP contribution >= 0.6 is 0 Å². The molecule has 0 spiro atoms. The molecule has 0 radical (unpaired) electrons. The first-order chi connectivity index (χ1) is 9.58. The Kier molecular flexibility index (Phi) is 4.24. The van der Waals surface area contributed by atoms with E-state index in [-0.39, 0.29) is 18.6 Å². The van der Waals surface area contributed by atoms with Gasteiger partial charge in [0.2, 0.25) is 0 Å². The molecular weight excluding hydrogens is 258 g/mol. The van der Waals surface area contributed by atoms with Crippen molar-refractivity contribution in [2.24, 2.45) is 0 Å². The van der Waals surface area contributed by atoms with Gasteiger partial charge < -0.3 is 15.2 Å². The van der Waals surface area contributed by atoms with Gasteiger partial charge in [0.25, 0.3) is 5.91 Å². The van der Waals surface area contributed by atoms with Gasteiger partial charge in [-0.1, -0.05) is 0 Å². The topological polar surface area (TPSA) is 75.9 Å². The van der Waals surface area contributed by atoms with Crippen LogP contribution < -0.4 is 10.1 Å². The van der Waals surface area contributed by atoms with Crippen LogP contribution in [0.5, 0.6) is 5.75 Å². The quantitative estimate of drug-likeness (QED) is 0.859. The van der Waals surface area contributed by atoms with E-state index in [1.165, 1.54) is 0 Å². The van der Waals surface area contributed by atoms with Crippen LogP contribution in [0.15, 0.2) is 18.3 Å². The maximum atomic E-state index is 12.3. The molecule has 0 fully saturated rings. The second-order valence-electron chi connectivity index (χ2n) is 4.60. The van der Waals surface area contributed by atoms with Gasteiger partial charge in [-0.2, -0.15) is 0 Å². The number of aliphatic hydroxyl groups excluding tert-OH is 1. The lowest BCUT2D eigenvalue weighted by Gasteiger charge is -2.11. The smallest absolute Gasteiger partial charge is 0.270 e. The summed E-state index contributed by atoms with van der Waals surface area (Å²) >= 11 is 0. The first-order valence-electron chi connectivity index (χ1n) is 6.60. The second-order valence-corrected chi connectivity index (χ2v) is 4.60. The van der Waals surface area contributed by atoms with Gasteiger partial charge in [0.05, 0.1) is 18.9 Å². The van der Waals surface area contributed by atoms with Crippen molar-refractivity contribution < 1.29 is 14.6 Å². The van der Waals surface area contributed by atoms with Crippen LogP contribution in [0.1, 0.15) is 30.0 Å². The van der Waals surface area contributed by atoms with E-state index in [1.54, 1.807) is 24.4 Å². The van der Waals surface area contributed by atoms with Crippen molar-refractivity contribution in [3.8, 4) is 5.75 Å². The number of carbonyl (C=O) groups is 1. The lowest BCUT2D eigenvalue weighted by Crippen LogP contribution is -2.36. The van der Waals surface area contributed by atoms with Crippen molar-refractivity contribution in [3.05, 3.63) is 29.7 Å². The fourth-order valence-corrected chi connectivity index (χ4v) is 2.04. The lowest BCUT2D eigenvalue weighted by molar-refractivity contribution is 0.0915. The number of rotatable bonds is 5. The van der Waals surface area contributed by atoms with Gasteiger partial charge in [0.15, 0.2) is 11.4 Å². The number of aryl methyl sites for hydroxylation is 1. The third kappa shape index (κ3) is 2.60. The Balaban J connectivity index is 2.46. The first kappa shape index (κ1) is 14.3. The number of nitrogens with one attached hydrogen (secondary N) is 1. The summed E-state index contributed by atoms with van der Waals surface area (Å²) in [6.45, 7) is 5.85. The molecule has 6 heteroatoms. The van der Waals surface area contributed by atoms with Crippen LogP contribution in [0.2, 0.25) is 0 Å². The Bertz CT molecular complexity index is 621. The molecule has 1 unspecified atom stereocenters. The first-order valence-corrected chi connectivity index (χ1v) is 6.60. The van der Waals surface area contributed by atoms with Gasteiger partial charge in [-0.3, -0.25) is 9.20 Å². The third-order valence-corrected chi connectivity index (χ3v) is 2.95. The molecule has 6 nitrogen and oxygen atoms in total. The molecule has 0 saturated heterocycles. The van der Waals surface area contributed by atoms with Gasteiger partial charge in [-0.15, -0.1) is 0 Å². The number of hydrogen-bond acceptors (Lipinski definition) is 4. The Labute approximate surface area is 117 Å². The minimum atomic E-state index is -0.303. The predicted molar refractivity (Wildman–Crippen MR) is 75.1 cm³/mol. The van der Waals surface area contributed by atoms with Crippen LogP contribution in [0, 0.1) is 6.92 Å². The molecule has 2 aromatic heterocycles. The van der Waals surface area contributed by atoms with Gasteiger partial charge in [0.1, 0.15) is 5.69 Å². The zero-order valence-electron chi connectivity index (χ0n) is 11.9. The standard InChI is InChI=1S/C14H19N3O3/c1-4-20-11-6-5-7-17-12(10(3)16-13(11)17)14(19)15-9(2)8-18/h5-7,9,18H,4,8H2,1-3H3,(H,15,19). The van der Waals surface area contributed by atoms with E-state index in [9.17, 15) is 4.79 Å². The Hall–Kier alpha value is -2.08. The van der Waals surface area contributed by atoms with Crippen molar-refractivity contribution >= 4 is 11.6 Å². The summed E-state index contributed by atoms with van der Waals surface area (Å²) < 4.78 is 7.22. The van der Waals surface area contributed by atoms with Crippen molar-refractivity contribution in [3.63, 3.8) is 0 Å². The zero-order valence-corrected chi connectivity index (χ0v) is 11.9. The summed E-state index contributed by atoms with van der Waals surface area (Å²) in [7, 11) is 0. The van der Waals surface area contributed by atoms with E-state index in [4.69, 9.17) is 9.84 Å². The van der Waals surface area contributed by atoms with Crippen molar-refractivity contribution in [2.75, 3.05) is 13.2 Å². The molecule has 1 atom stereocenters. The van der Waals surface area contributed by atoms with E-state index < -0.39 is 0 Å². The molecule has 0 aromatic carbocycles. The third-order valence-electron chi connectivity index (χ3n) is 2.95. The molecule has 2 aromatic rings. The summed E-state index contributed by atoms with van der Waals surface area (Å²) in [5.41, 5.74) is 1.70. The minimum absolute atomic E-state index is 0.105. The van der Waals surface area contributed by atoms with Gasteiger partial charge in [0, 0.05) is 12.2 Å². The molecule has 0 aliphatic carbocycles. The number of imidazole rings is 1. The number of hydrogen-bond donors (Lipinski definition) is 2. The molecule has 0 bridgehead atoms. The Morgan fingerprint density at radius 2 is 2.35 bits per heavy atom. The summed E-state index contributed by atoms with van der Waals surface area (Å²) in [6.07, 6.45) is 1.77. The van der Waals surface area contributed by atoms with E-state index in [2.05, 4.69) is 10.3 Å². The highest BCUT2D eigenvalue weighted by molar-refractivity contribution is 5.95. The number of nitrogens with zero attached hydrogens (tertiary/aromatic N) is 2. The molecule has 0 aliphatic heterocycles. The van der Waals surface area contributed by atoms with E-state index in [0.29, 0.717) is 29.4 Å². The van der Waals surface area contributed by atoms with Gasteiger partial charge in [-0.05, 0) is 32.9 Å². The largest absolute Gasteiger partial charge is 0.490 e. The highest BCUT2D eigenvalue weighted by atomic mass is 16.5. The molecule has 2 N–H and O–H groups in total. The number of aliphatic hydroxyl groups is 1. The zero-order chi connectivity index (χ0) is 14.7. The number of ether oxygens (including phenoxy) is 1.